The zero-order valence-corrected chi connectivity index (χ0v) is 17.3. The van der Waals surface area contributed by atoms with Gasteiger partial charge in [-0.25, -0.2) is 0 Å². The van der Waals surface area contributed by atoms with Crippen LogP contribution in [0.25, 0.3) is 11.3 Å². The van der Waals surface area contributed by atoms with Gasteiger partial charge in [0.15, 0.2) is 0 Å². The summed E-state index contributed by atoms with van der Waals surface area (Å²) in [5.41, 5.74) is 4.18. The van der Waals surface area contributed by atoms with Gasteiger partial charge >= 0.3 is 0 Å². The fourth-order valence-corrected chi connectivity index (χ4v) is 3.74. The van der Waals surface area contributed by atoms with E-state index in [0.29, 0.717) is 18.3 Å². The maximum absolute atomic E-state index is 12.3. The third kappa shape index (κ3) is 5.32. The first-order valence-corrected chi connectivity index (χ1v) is 9.64. The second kappa shape index (κ2) is 9.90. The van der Waals surface area contributed by atoms with E-state index in [4.69, 9.17) is 0 Å². The first-order valence-electron chi connectivity index (χ1n) is 9.64. The number of aromatic nitrogens is 4. The van der Waals surface area contributed by atoms with Gasteiger partial charge in [0.25, 0.3) is 5.91 Å². The minimum absolute atomic E-state index is 0. The first-order chi connectivity index (χ1) is 12.6. The number of halogens is 1. The molecule has 0 aromatic carbocycles. The molecule has 2 aromatic heterocycles. The smallest absolute Gasteiger partial charge is 0.269 e. The van der Waals surface area contributed by atoms with Crippen molar-refractivity contribution in [3.63, 3.8) is 0 Å². The second-order valence-corrected chi connectivity index (χ2v) is 7.23. The summed E-state index contributed by atoms with van der Waals surface area (Å²) in [5, 5.41) is 18.1. The molecule has 27 heavy (non-hydrogen) atoms. The van der Waals surface area contributed by atoms with Crippen LogP contribution >= 0.6 is 12.4 Å². The molecule has 0 atom stereocenters. The van der Waals surface area contributed by atoms with Crippen LogP contribution in [0, 0.1) is 13.8 Å². The number of carbonyl (C=O) groups excluding carboxylic acids is 1. The average Bonchev–Trinajstić information content (AvgIpc) is 3.07. The van der Waals surface area contributed by atoms with Gasteiger partial charge in [-0.1, -0.05) is 25.7 Å². The molecule has 2 heterocycles. The van der Waals surface area contributed by atoms with E-state index in [9.17, 15) is 4.79 Å². The number of aromatic amines is 1. The molecule has 7 nitrogen and oxygen atoms in total. The molecule has 0 spiro atoms. The molecular weight excluding hydrogens is 364 g/mol. The SMILES string of the molecule is Cc1nn(C)c(C)c1-c1cc(C(=O)NCCNC2CCCCCC2)[nH]n1.Cl. The van der Waals surface area contributed by atoms with Crippen molar-refractivity contribution in [1.29, 1.82) is 0 Å². The van der Waals surface area contributed by atoms with Crippen LogP contribution in [-0.4, -0.2) is 45.0 Å². The maximum atomic E-state index is 12.3. The molecule has 2 aromatic rings. The third-order valence-electron chi connectivity index (χ3n) is 5.29. The Hall–Kier alpha value is -1.86. The molecule has 3 N–H and O–H groups in total. The van der Waals surface area contributed by atoms with E-state index in [0.717, 1.165) is 29.2 Å². The lowest BCUT2D eigenvalue weighted by Crippen LogP contribution is -2.37. The minimum Gasteiger partial charge on any atom is -0.349 e. The maximum Gasteiger partial charge on any atom is 0.269 e. The van der Waals surface area contributed by atoms with Gasteiger partial charge in [-0.05, 0) is 32.8 Å². The predicted molar refractivity (Wildman–Crippen MR) is 109 cm³/mol. The average molecular weight is 395 g/mol. The van der Waals surface area contributed by atoms with Gasteiger partial charge in [0.2, 0.25) is 0 Å². The van der Waals surface area contributed by atoms with Crippen LogP contribution in [0.15, 0.2) is 6.07 Å². The lowest BCUT2D eigenvalue weighted by Gasteiger charge is -2.16. The van der Waals surface area contributed by atoms with Gasteiger partial charge in [0.1, 0.15) is 5.69 Å². The van der Waals surface area contributed by atoms with E-state index in [1.165, 1.54) is 38.5 Å². The van der Waals surface area contributed by atoms with Crippen molar-refractivity contribution in [2.24, 2.45) is 7.05 Å². The van der Waals surface area contributed by atoms with E-state index < -0.39 is 0 Å². The summed E-state index contributed by atoms with van der Waals surface area (Å²) in [6.45, 7) is 5.38. The van der Waals surface area contributed by atoms with E-state index in [1.807, 2.05) is 25.6 Å². The summed E-state index contributed by atoms with van der Waals surface area (Å²) in [4.78, 5) is 12.3. The van der Waals surface area contributed by atoms with Crippen molar-refractivity contribution in [3.8, 4) is 11.3 Å². The number of carbonyl (C=O) groups is 1. The zero-order chi connectivity index (χ0) is 18.5. The highest BCUT2D eigenvalue weighted by Gasteiger charge is 2.17. The topological polar surface area (TPSA) is 87.6 Å². The molecule has 8 heteroatoms. The number of nitrogens with one attached hydrogen (secondary N) is 3. The Morgan fingerprint density at radius 2 is 1.93 bits per heavy atom. The quantitative estimate of drug-likeness (QED) is 0.519. The summed E-state index contributed by atoms with van der Waals surface area (Å²) in [6.07, 6.45) is 7.84. The normalized spacial score (nSPS) is 15.2. The first kappa shape index (κ1) is 21.4. The van der Waals surface area contributed by atoms with Crippen molar-refractivity contribution in [2.45, 2.75) is 58.4 Å². The lowest BCUT2D eigenvalue weighted by atomic mass is 10.1. The number of H-pyrrole nitrogens is 1. The van der Waals surface area contributed by atoms with Gasteiger partial charge < -0.3 is 10.6 Å². The fraction of sp³-hybridized carbons (Fsp3) is 0.632. The summed E-state index contributed by atoms with van der Waals surface area (Å²) >= 11 is 0. The molecule has 150 valence electrons. The Labute approximate surface area is 167 Å². The van der Waals surface area contributed by atoms with Crippen LogP contribution in [-0.2, 0) is 7.05 Å². The fourth-order valence-electron chi connectivity index (χ4n) is 3.74. The van der Waals surface area contributed by atoms with Gasteiger partial charge in [-0.15, -0.1) is 12.4 Å². The molecule has 0 saturated heterocycles. The number of rotatable bonds is 6. The highest BCUT2D eigenvalue weighted by molar-refractivity contribution is 5.93. The Bertz CT molecular complexity index is 745. The number of hydrogen-bond donors (Lipinski definition) is 3. The van der Waals surface area contributed by atoms with Crippen LogP contribution in [0.4, 0.5) is 0 Å². The monoisotopic (exact) mass is 394 g/mol. The van der Waals surface area contributed by atoms with Crippen molar-refractivity contribution in [2.75, 3.05) is 13.1 Å². The van der Waals surface area contributed by atoms with Crippen LogP contribution in [0.3, 0.4) is 0 Å². The second-order valence-electron chi connectivity index (χ2n) is 7.23. The lowest BCUT2D eigenvalue weighted by molar-refractivity contribution is 0.0948. The van der Waals surface area contributed by atoms with Crippen LogP contribution < -0.4 is 10.6 Å². The molecule has 1 fully saturated rings. The number of hydrogen-bond acceptors (Lipinski definition) is 4. The molecule has 1 saturated carbocycles. The highest BCUT2D eigenvalue weighted by Crippen LogP contribution is 2.25. The van der Waals surface area contributed by atoms with Gasteiger partial charge in [-0.3, -0.25) is 14.6 Å². The van der Waals surface area contributed by atoms with Crippen molar-refractivity contribution < 1.29 is 4.79 Å². The molecular formula is C19H31ClN6O. The van der Waals surface area contributed by atoms with Crippen LogP contribution in [0.2, 0.25) is 0 Å². The van der Waals surface area contributed by atoms with Gasteiger partial charge in [0, 0.05) is 37.4 Å². The summed E-state index contributed by atoms with van der Waals surface area (Å²) in [6, 6.07) is 2.40. The third-order valence-corrected chi connectivity index (χ3v) is 5.29. The van der Waals surface area contributed by atoms with Crippen molar-refractivity contribution in [3.05, 3.63) is 23.1 Å². The standard InChI is InChI=1S/C19H30N6O.ClH/c1-13-18(14(2)25(3)24-13)16-12-17(23-22-16)19(26)21-11-10-20-15-8-6-4-5-7-9-15;/h12,15,20H,4-11H2,1-3H3,(H,21,26)(H,22,23);1H. The Morgan fingerprint density at radius 1 is 1.22 bits per heavy atom. The summed E-state index contributed by atoms with van der Waals surface area (Å²) in [7, 11) is 1.91. The van der Waals surface area contributed by atoms with E-state index in [2.05, 4.69) is 25.9 Å². The molecule has 3 rings (SSSR count). The molecule has 1 aliphatic rings. The van der Waals surface area contributed by atoms with Crippen molar-refractivity contribution >= 4 is 18.3 Å². The van der Waals surface area contributed by atoms with E-state index >= 15 is 0 Å². The summed E-state index contributed by atoms with van der Waals surface area (Å²) in [5.74, 6) is -0.120. The Kier molecular flexibility index (Phi) is 7.86. The number of amides is 1. The largest absolute Gasteiger partial charge is 0.349 e. The Balaban J connectivity index is 0.00000261. The molecule has 0 radical (unpaired) electrons. The van der Waals surface area contributed by atoms with Gasteiger partial charge in [0.05, 0.1) is 11.4 Å². The molecule has 1 aliphatic carbocycles. The zero-order valence-electron chi connectivity index (χ0n) is 16.5. The van der Waals surface area contributed by atoms with Crippen molar-refractivity contribution in [1.82, 2.24) is 30.6 Å². The molecule has 0 bridgehead atoms. The van der Waals surface area contributed by atoms with Crippen LogP contribution in [0.5, 0.6) is 0 Å². The van der Waals surface area contributed by atoms with Gasteiger partial charge in [-0.2, -0.15) is 10.2 Å². The predicted octanol–water partition coefficient (Wildman–Crippen LogP) is 2.89. The highest BCUT2D eigenvalue weighted by atomic mass is 35.5. The Morgan fingerprint density at radius 3 is 2.56 bits per heavy atom. The number of nitrogens with zero attached hydrogens (tertiary/aromatic N) is 3. The molecule has 0 unspecified atom stereocenters. The minimum atomic E-state index is -0.120. The molecule has 1 amide bonds. The number of aryl methyl sites for hydroxylation is 2. The van der Waals surface area contributed by atoms with E-state index in [-0.39, 0.29) is 18.3 Å². The van der Waals surface area contributed by atoms with E-state index in [1.54, 1.807) is 6.07 Å². The summed E-state index contributed by atoms with van der Waals surface area (Å²) < 4.78 is 1.83. The van der Waals surface area contributed by atoms with Crippen LogP contribution in [0.1, 0.15) is 60.4 Å². The molecule has 0 aliphatic heterocycles.